The third-order valence-electron chi connectivity index (χ3n) is 2.08. The quantitative estimate of drug-likeness (QED) is 0.855. The molecule has 1 aromatic carbocycles. The minimum atomic E-state index is 0.619. The Morgan fingerprint density at radius 3 is 3.00 bits per heavy atom. The molecule has 4 heteroatoms. The zero-order valence-corrected chi connectivity index (χ0v) is 9.45. The van der Waals surface area contributed by atoms with Gasteiger partial charge in [0.15, 0.2) is 0 Å². The molecule has 2 rings (SSSR count). The van der Waals surface area contributed by atoms with E-state index in [4.69, 9.17) is 17.3 Å². The van der Waals surface area contributed by atoms with Crippen LogP contribution < -0.4 is 5.73 Å². The van der Waals surface area contributed by atoms with E-state index in [0.29, 0.717) is 6.54 Å². The number of hydrogen-bond donors (Lipinski definition) is 1. The topological polar surface area (TPSA) is 38.9 Å². The Labute approximate surface area is 91.7 Å². The fourth-order valence-electron chi connectivity index (χ4n) is 1.45. The lowest BCUT2D eigenvalue weighted by atomic mass is 10.1. The molecule has 0 fully saturated rings. The molecule has 0 bridgehead atoms. The van der Waals surface area contributed by atoms with E-state index in [1.807, 2.05) is 19.1 Å². The summed E-state index contributed by atoms with van der Waals surface area (Å²) in [5, 5.41) is 1.87. The molecule has 0 saturated carbocycles. The fourth-order valence-corrected chi connectivity index (χ4v) is 2.63. The lowest BCUT2D eigenvalue weighted by Gasteiger charge is -2.01. The van der Waals surface area contributed by atoms with Gasteiger partial charge in [0.1, 0.15) is 0 Å². The molecule has 0 aliphatic heterocycles. The first-order chi connectivity index (χ1) is 6.70. The number of halogens is 1. The molecule has 74 valence electrons. The van der Waals surface area contributed by atoms with Gasteiger partial charge in [-0.2, -0.15) is 0 Å². The summed E-state index contributed by atoms with van der Waals surface area (Å²) in [6, 6.07) is 4.01. The van der Waals surface area contributed by atoms with Gasteiger partial charge < -0.3 is 5.73 Å². The number of rotatable bonds is 2. The van der Waals surface area contributed by atoms with E-state index in [1.54, 1.807) is 11.3 Å². The SMILES string of the molecule is Cc1nc2cc(CCN)c(Cl)cc2s1. The maximum atomic E-state index is 6.11. The van der Waals surface area contributed by atoms with Gasteiger partial charge in [-0.25, -0.2) is 4.98 Å². The highest BCUT2D eigenvalue weighted by Crippen LogP contribution is 2.28. The number of aryl methyl sites for hydroxylation is 1. The van der Waals surface area contributed by atoms with Gasteiger partial charge in [0, 0.05) is 5.02 Å². The maximum absolute atomic E-state index is 6.11. The van der Waals surface area contributed by atoms with Crippen LogP contribution in [0.5, 0.6) is 0 Å². The molecule has 14 heavy (non-hydrogen) atoms. The Bertz CT molecular complexity index is 464. The number of nitrogens with zero attached hydrogens (tertiary/aromatic N) is 1. The van der Waals surface area contributed by atoms with Gasteiger partial charge in [-0.1, -0.05) is 11.6 Å². The number of nitrogens with two attached hydrogens (primary N) is 1. The van der Waals surface area contributed by atoms with E-state index in [9.17, 15) is 0 Å². The predicted molar refractivity (Wildman–Crippen MR) is 62.1 cm³/mol. The Kier molecular flexibility index (Phi) is 2.72. The zero-order chi connectivity index (χ0) is 10.1. The first kappa shape index (κ1) is 9.90. The second kappa shape index (κ2) is 3.85. The molecule has 1 heterocycles. The van der Waals surface area contributed by atoms with Gasteiger partial charge in [0.25, 0.3) is 0 Å². The third-order valence-corrected chi connectivity index (χ3v) is 3.36. The number of hydrogen-bond acceptors (Lipinski definition) is 3. The highest BCUT2D eigenvalue weighted by Gasteiger charge is 2.05. The number of benzene rings is 1. The Morgan fingerprint density at radius 2 is 2.29 bits per heavy atom. The summed E-state index contributed by atoms with van der Waals surface area (Å²) in [4.78, 5) is 4.42. The Hall–Kier alpha value is -0.640. The van der Waals surface area contributed by atoms with E-state index in [-0.39, 0.29) is 0 Å². The normalized spacial score (nSPS) is 11.1. The van der Waals surface area contributed by atoms with Gasteiger partial charge >= 0.3 is 0 Å². The molecular formula is C10H11ClN2S. The standard InChI is InChI=1S/C10H11ClN2S/c1-6-13-9-4-7(2-3-12)8(11)5-10(9)14-6/h4-5H,2-3,12H2,1H3. The Balaban J connectivity index is 2.58. The fraction of sp³-hybridized carbons (Fsp3) is 0.300. The number of fused-ring (bicyclic) bond motifs is 1. The van der Waals surface area contributed by atoms with Gasteiger partial charge in [0.2, 0.25) is 0 Å². The summed E-state index contributed by atoms with van der Waals surface area (Å²) in [7, 11) is 0. The molecule has 0 radical (unpaired) electrons. The average molecular weight is 227 g/mol. The van der Waals surface area contributed by atoms with Crippen LogP contribution >= 0.6 is 22.9 Å². The minimum absolute atomic E-state index is 0.619. The molecule has 0 amide bonds. The summed E-state index contributed by atoms with van der Waals surface area (Å²) in [6.45, 7) is 2.62. The molecule has 1 aromatic heterocycles. The lowest BCUT2D eigenvalue weighted by Crippen LogP contribution is -2.02. The first-order valence-electron chi connectivity index (χ1n) is 4.46. The van der Waals surface area contributed by atoms with Crippen molar-refractivity contribution in [3.63, 3.8) is 0 Å². The van der Waals surface area contributed by atoms with Crippen LogP contribution in [0.2, 0.25) is 5.02 Å². The monoisotopic (exact) mass is 226 g/mol. The zero-order valence-electron chi connectivity index (χ0n) is 7.88. The van der Waals surface area contributed by atoms with Crippen LogP contribution in [-0.2, 0) is 6.42 Å². The van der Waals surface area contributed by atoms with E-state index in [1.165, 1.54) is 0 Å². The summed E-state index contributed by atoms with van der Waals surface area (Å²) in [5.74, 6) is 0. The van der Waals surface area contributed by atoms with Crippen molar-refractivity contribution in [2.75, 3.05) is 6.54 Å². The lowest BCUT2D eigenvalue weighted by molar-refractivity contribution is 0.970. The van der Waals surface area contributed by atoms with Crippen LogP contribution in [0.3, 0.4) is 0 Å². The highest BCUT2D eigenvalue weighted by molar-refractivity contribution is 7.18. The molecule has 2 N–H and O–H groups in total. The molecule has 0 aliphatic rings. The molecular weight excluding hydrogens is 216 g/mol. The third kappa shape index (κ3) is 1.75. The average Bonchev–Trinajstić information content (AvgIpc) is 2.45. The van der Waals surface area contributed by atoms with Crippen LogP contribution in [0.25, 0.3) is 10.2 Å². The van der Waals surface area contributed by atoms with E-state index in [0.717, 1.165) is 32.2 Å². The predicted octanol–water partition coefficient (Wildman–Crippen LogP) is 2.76. The first-order valence-corrected chi connectivity index (χ1v) is 5.66. The van der Waals surface area contributed by atoms with Crippen molar-refractivity contribution >= 4 is 33.2 Å². The van der Waals surface area contributed by atoms with Gasteiger partial charge in [-0.15, -0.1) is 11.3 Å². The largest absolute Gasteiger partial charge is 0.330 e. The summed E-state index contributed by atoms with van der Waals surface area (Å²) >= 11 is 7.78. The van der Waals surface area contributed by atoms with E-state index in [2.05, 4.69) is 4.98 Å². The molecule has 0 aliphatic carbocycles. The summed E-state index contributed by atoms with van der Waals surface area (Å²) in [5.41, 5.74) is 7.62. The number of aromatic nitrogens is 1. The van der Waals surface area contributed by atoms with Gasteiger partial charge in [-0.3, -0.25) is 0 Å². The molecule has 2 aromatic rings. The van der Waals surface area contributed by atoms with E-state index >= 15 is 0 Å². The minimum Gasteiger partial charge on any atom is -0.330 e. The van der Waals surface area contributed by atoms with Crippen LogP contribution in [0, 0.1) is 6.92 Å². The van der Waals surface area contributed by atoms with Crippen LogP contribution in [0.1, 0.15) is 10.6 Å². The van der Waals surface area contributed by atoms with Crippen molar-refractivity contribution in [1.29, 1.82) is 0 Å². The van der Waals surface area contributed by atoms with E-state index < -0.39 is 0 Å². The van der Waals surface area contributed by atoms with Crippen molar-refractivity contribution in [2.24, 2.45) is 5.73 Å². The van der Waals surface area contributed by atoms with Crippen LogP contribution in [0.15, 0.2) is 12.1 Å². The van der Waals surface area contributed by atoms with Crippen molar-refractivity contribution in [2.45, 2.75) is 13.3 Å². The highest BCUT2D eigenvalue weighted by atomic mass is 35.5. The molecule has 0 unspecified atom stereocenters. The van der Waals surface area contributed by atoms with Gasteiger partial charge in [-0.05, 0) is 37.6 Å². The van der Waals surface area contributed by atoms with Crippen LogP contribution in [-0.4, -0.2) is 11.5 Å². The van der Waals surface area contributed by atoms with Gasteiger partial charge in [0.05, 0.1) is 15.2 Å². The Morgan fingerprint density at radius 1 is 1.50 bits per heavy atom. The van der Waals surface area contributed by atoms with Crippen molar-refractivity contribution in [3.8, 4) is 0 Å². The maximum Gasteiger partial charge on any atom is 0.0907 e. The summed E-state index contributed by atoms with van der Waals surface area (Å²) in [6.07, 6.45) is 0.811. The van der Waals surface area contributed by atoms with Crippen molar-refractivity contribution in [1.82, 2.24) is 4.98 Å². The molecule has 0 spiro atoms. The van der Waals surface area contributed by atoms with Crippen LogP contribution in [0.4, 0.5) is 0 Å². The molecule has 0 atom stereocenters. The van der Waals surface area contributed by atoms with Crippen molar-refractivity contribution < 1.29 is 0 Å². The molecule has 2 nitrogen and oxygen atoms in total. The second-order valence-electron chi connectivity index (χ2n) is 3.18. The smallest absolute Gasteiger partial charge is 0.0907 e. The second-order valence-corrected chi connectivity index (χ2v) is 4.82. The summed E-state index contributed by atoms with van der Waals surface area (Å²) < 4.78 is 1.15. The molecule has 0 saturated heterocycles. The van der Waals surface area contributed by atoms with Crippen molar-refractivity contribution in [3.05, 3.63) is 27.7 Å². The number of thiazole rings is 1.